The Hall–Kier alpha value is -2.41. The molecule has 4 heteroatoms. The van der Waals surface area contributed by atoms with Gasteiger partial charge in [0.2, 0.25) is 0 Å². The van der Waals surface area contributed by atoms with Gasteiger partial charge in [-0.3, -0.25) is 0 Å². The van der Waals surface area contributed by atoms with Crippen molar-refractivity contribution in [3.05, 3.63) is 42.2 Å². The van der Waals surface area contributed by atoms with Crippen LogP contribution >= 0.6 is 0 Å². The molecule has 0 aliphatic heterocycles. The lowest BCUT2D eigenvalue weighted by Crippen LogP contribution is -1.98. The Balaban J connectivity index is 2.07. The minimum atomic E-state index is 0.628. The molecule has 0 fully saturated rings. The maximum atomic E-state index is 8.74. The number of unbranched alkanes of at least 4 members (excludes halogenated alkanes) is 1. The molecule has 0 N–H and O–H groups in total. The van der Waals surface area contributed by atoms with E-state index >= 15 is 0 Å². The summed E-state index contributed by atoms with van der Waals surface area (Å²) >= 11 is 0. The van der Waals surface area contributed by atoms with Crippen LogP contribution in [-0.2, 0) is 0 Å². The van der Waals surface area contributed by atoms with Crippen molar-refractivity contribution in [2.45, 2.75) is 19.8 Å². The van der Waals surface area contributed by atoms with E-state index in [-0.39, 0.29) is 0 Å². The Labute approximate surface area is 112 Å². The molecule has 2 rings (SSSR count). The fourth-order valence-corrected chi connectivity index (χ4v) is 1.57. The van der Waals surface area contributed by atoms with Crippen LogP contribution in [0.4, 0.5) is 0 Å². The quantitative estimate of drug-likeness (QED) is 0.768. The van der Waals surface area contributed by atoms with Crippen LogP contribution in [0.3, 0.4) is 0 Å². The zero-order chi connectivity index (χ0) is 13.5. The van der Waals surface area contributed by atoms with Gasteiger partial charge in [-0.1, -0.05) is 13.3 Å². The fourth-order valence-electron chi connectivity index (χ4n) is 1.57. The fraction of sp³-hybridized carbons (Fsp3) is 0.267. The van der Waals surface area contributed by atoms with Crippen molar-refractivity contribution in [2.24, 2.45) is 0 Å². The Morgan fingerprint density at radius 3 is 2.42 bits per heavy atom. The molecule has 96 valence electrons. The van der Waals surface area contributed by atoms with Crippen molar-refractivity contribution < 1.29 is 4.74 Å². The number of nitriles is 1. The summed E-state index contributed by atoms with van der Waals surface area (Å²) < 4.78 is 5.51. The first-order valence-electron chi connectivity index (χ1n) is 6.29. The highest BCUT2D eigenvalue weighted by molar-refractivity contribution is 5.56. The van der Waals surface area contributed by atoms with Gasteiger partial charge in [-0.05, 0) is 30.7 Å². The second kappa shape index (κ2) is 6.50. The molecule has 0 bridgehead atoms. The molecule has 19 heavy (non-hydrogen) atoms. The number of ether oxygens (including phenoxy) is 1. The maximum Gasteiger partial charge on any atom is 0.159 e. The largest absolute Gasteiger partial charge is 0.490 e. The van der Waals surface area contributed by atoms with Crippen LogP contribution in [-0.4, -0.2) is 16.6 Å². The zero-order valence-corrected chi connectivity index (χ0v) is 10.8. The molecule has 0 spiro atoms. The van der Waals surface area contributed by atoms with Gasteiger partial charge in [-0.15, -0.1) is 0 Å². The van der Waals surface area contributed by atoms with Crippen LogP contribution < -0.4 is 4.74 Å². The van der Waals surface area contributed by atoms with Crippen LogP contribution in [0.2, 0.25) is 0 Å². The van der Waals surface area contributed by atoms with Crippen molar-refractivity contribution in [1.82, 2.24) is 9.97 Å². The molecule has 1 aromatic carbocycles. The molecule has 0 saturated carbocycles. The lowest BCUT2D eigenvalue weighted by atomic mass is 10.1. The monoisotopic (exact) mass is 253 g/mol. The van der Waals surface area contributed by atoms with E-state index in [1.54, 1.807) is 24.5 Å². The van der Waals surface area contributed by atoms with Gasteiger partial charge in [0.25, 0.3) is 0 Å². The lowest BCUT2D eigenvalue weighted by molar-refractivity contribution is 0.307. The van der Waals surface area contributed by atoms with Gasteiger partial charge in [0.15, 0.2) is 11.6 Å². The minimum Gasteiger partial charge on any atom is -0.490 e. The van der Waals surface area contributed by atoms with Gasteiger partial charge in [-0.25, -0.2) is 9.97 Å². The van der Waals surface area contributed by atoms with E-state index in [0.29, 0.717) is 23.7 Å². The predicted molar refractivity (Wildman–Crippen MR) is 72.6 cm³/mol. The molecule has 0 saturated heterocycles. The molecule has 0 unspecified atom stereocenters. The summed E-state index contributed by atoms with van der Waals surface area (Å²) in [5.41, 5.74) is 1.52. The van der Waals surface area contributed by atoms with E-state index in [1.807, 2.05) is 12.1 Å². The standard InChI is InChI=1S/C15H15N3O/c1-2-3-8-19-14-10-17-15(18-11-14)13-6-4-12(9-16)5-7-13/h4-7,10-11H,2-3,8H2,1H3. The molecule has 2 aromatic rings. The third kappa shape index (κ3) is 3.52. The molecule has 0 aliphatic carbocycles. The third-order valence-corrected chi connectivity index (χ3v) is 2.67. The summed E-state index contributed by atoms with van der Waals surface area (Å²) in [7, 11) is 0. The molecule has 0 radical (unpaired) electrons. The second-order valence-corrected chi connectivity index (χ2v) is 4.13. The van der Waals surface area contributed by atoms with Crippen LogP contribution in [0, 0.1) is 11.3 Å². The van der Waals surface area contributed by atoms with Crippen molar-refractivity contribution in [2.75, 3.05) is 6.61 Å². The number of hydrogen-bond donors (Lipinski definition) is 0. The van der Waals surface area contributed by atoms with Gasteiger partial charge < -0.3 is 4.74 Å². The second-order valence-electron chi connectivity index (χ2n) is 4.13. The van der Waals surface area contributed by atoms with E-state index in [4.69, 9.17) is 10.00 Å². The van der Waals surface area contributed by atoms with Crippen LogP contribution in [0.1, 0.15) is 25.3 Å². The first kappa shape index (κ1) is 13.0. The highest BCUT2D eigenvalue weighted by Crippen LogP contribution is 2.17. The SMILES string of the molecule is CCCCOc1cnc(-c2ccc(C#N)cc2)nc1. The first-order chi connectivity index (χ1) is 9.33. The normalized spacial score (nSPS) is 9.89. The smallest absolute Gasteiger partial charge is 0.159 e. The van der Waals surface area contributed by atoms with Crippen LogP contribution in [0.15, 0.2) is 36.7 Å². The predicted octanol–water partition coefficient (Wildman–Crippen LogP) is 3.19. The highest BCUT2D eigenvalue weighted by atomic mass is 16.5. The Morgan fingerprint density at radius 2 is 1.84 bits per heavy atom. The van der Waals surface area contributed by atoms with Crippen LogP contribution in [0.5, 0.6) is 5.75 Å². The lowest BCUT2D eigenvalue weighted by Gasteiger charge is -2.05. The van der Waals surface area contributed by atoms with Crippen molar-refractivity contribution in [1.29, 1.82) is 5.26 Å². The number of benzene rings is 1. The summed E-state index contributed by atoms with van der Waals surface area (Å²) in [5.74, 6) is 1.32. The molecule has 0 aliphatic rings. The minimum absolute atomic E-state index is 0.628. The Kier molecular flexibility index (Phi) is 4.46. The van der Waals surface area contributed by atoms with Crippen molar-refractivity contribution in [3.63, 3.8) is 0 Å². The molecule has 1 aromatic heterocycles. The number of nitrogens with zero attached hydrogens (tertiary/aromatic N) is 3. The van der Waals surface area contributed by atoms with E-state index < -0.39 is 0 Å². The van der Waals surface area contributed by atoms with Crippen molar-refractivity contribution >= 4 is 0 Å². The van der Waals surface area contributed by atoms with Gasteiger partial charge in [0, 0.05) is 5.56 Å². The summed E-state index contributed by atoms with van der Waals surface area (Å²) in [6.07, 6.45) is 5.48. The summed E-state index contributed by atoms with van der Waals surface area (Å²) in [4.78, 5) is 8.53. The zero-order valence-electron chi connectivity index (χ0n) is 10.8. The summed E-state index contributed by atoms with van der Waals surface area (Å²) in [6.45, 7) is 2.81. The first-order valence-corrected chi connectivity index (χ1v) is 6.29. The van der Waals surface area contributed by atoms with Gasteiger partial charge in [0.1, 0.15) is 0 Å². The number of hydrogen-bond acceptors (Lipinski definition) is 4. The molecule has 1 heterocycles. The van der Waals surface area contributed by atoms with E-state index in [2.05, 4.69) is 23.0 Å². The van der Waals surface area contributed by atoms with Crippen LogP contribution in [0.25, 0.3) is 11.4 Å². The average molecular weight is 253 g/mol. The Bertz CT molecular complexity index is 555. The van der Waals surface area contributed by atoms with E-state index in [1.165, 1.54) is 0 Å². The molecular weight excluding hydrogens is 238 g/mol. The Morgan fingerprint density at radius 1 is 1.16 bits per heavy atom. The average Bonchev–Trinajstić information content (AvgIpc) is 2.48. The third-order valence-electron chi connectivity index (χ3n) is 2.67. The van der Waals surface area contributed by atoms with Gasteiger partial charge in [-0.2, -0.15) is 5.26 Å². The number of rotatable bonds is 5. The van der Waals surface area contributed by atoms with Crippen molar-refractivity contribution in [3.8, 4) is 23.2 Å². The highest BCUT2D eigenvalue weighted by Gasteiger charge is 2.02. The molecule has 0 amide bonds. The molecule has 0 atom stereocenters. The molecule has 4 nitrogen and oxygen atoms in total. The summed E-state index contributed by atoms with van der Waals surface area (Å²) in [6, 6.07) is 9.27. The van der Waals surface area contributed by atoms with Gasteiger partial charge in [0.05, 0.1) is 30.6 Å². The molecular formula is C15H15N3O. The van der Waals surface area contributed by atoms with E-state index in [0.717, 1.165) is 18.4 Å². The maximum absolute atomic E-state index is 8.74. The van der Waals surface area contributed by atoms with Gasteiger partial charge >= 0.3 is 0 Å². The number of aromatic nitrogens is 2. The topological polar surface area (TPSA) is 58.8 Å². The summed E-state index contributed by atoms with van der Waals surface area (Å²) in [5, 5.41) is 8.74. The van der Waals surface area contributed by atoms with E-state index in [9.17, 15) is 0 Å².